The Morgan fingerprint density at radius 3 is 2.25 bits per heavy atom. The number of piperidine rings is 1. The van der Waals surface area contributed by atoms with Crippen LogP contribution in [0.3, 0.4) is 0 Å². The molecule has 1 heterocycles. The molecule has 0 saturated carbocycles. The second-order valence-electron chi connectivity index (χ2n) is 4.08. The molecule has 3 heteroatoms. The Kier molecular flexibility index (Phi) is 3.34. The molecule has 0 spiro atoms. The van der Waals surface area contributed by atoms with Crippen molar-refractivity contribution in [3.8, 4) is 0 Å². The fourth-order valence-electron chi connectivity index (χ4n) is 2.06. The lowest BCUT2D eigenvalue weighted by atomic mass is 10.1. The number of carbonyl (C=O) groups excluding carboxylic acids is 2. The number of ketones is 1. The van der Waals surface area contributed by atoms with E-state index in [2.05, 4.69) is 4.90 Å². The second-order valence-corrected chi connectivity index (χ2v) is 4.08. The van der Waals surface area contributed by atoms with Gasteiger partial charge in [-0.3, -0.25) is 9.59 Å². The van der Waals surface area contributed by atoms with E-state index >= 15 is 0 Å². The van der Waals surface area contributed by atoms with Crippen LogP contribution < -0.4 is 4.90 Å². The number of Topliss-reactive ketones (excluding diaryl/α,β-unsaturated/α-hetero) is 1. The minimum Gasteiger partial charge on any atom is -0.372 e. The van der Waals surface area contributed by atoms with Crippen molar-refractivity contribution < 1.29 is 9.59 Å². The minimum atomic E-state index is -0.454. The summed E-state index contributed by atoms with van der Waals surface area (Å²) in [5.41, 5.74) is 1.61. The van der Waals surface area contributed by atoms with Gasteiger partial charge in [-0.05, 0) is 43.5 Å². The first-order valence-electron chi connectivity index (χ1n) is 5.66. The maximum Gasteiger partial charge on any atom is 0.225 e. The summed E-state index contributed by atoms with van der Waals surface area (Å²) in [4.78, 5) is 23.8. The number of nitrogens with zero attached hydrogens (tertiary/aromatic N) is 1. The number of carbonyl (C=O) groups is 2. The Morgan fingerprint density at radius 2 is 1.69 bits per heavy atom. The molecule has 1 aromatic rings. The van der Waals surface area contributed by atoms with Gasteiger partial charge in [0.15, 0.2) is 6.29 Å². The molecule has 1 saturated heterocycles. The van der Waals surface area contributed by atoms with Gasteiger partial charge < -0.3 is 4.90 Å². The van der Waals surface area contributed by atoms with E-state index in [0.717, 1.165) is 18.8 Å². The largest absolute Gasteiger partial charge is 0.372 e. The van der Waals surface area contributed by atoms with Crippen LogP contribution in [0.1, 0.15) is 29.6 Å². The first-order valence-corrected chi connectivity index (χ1v) is 5.66. The molecule has 0 unspecified atom stereocenters. The molecule has 16 heavy (non-hydrogen) atoms. The van der Waals surface area contributed by atoms with Gasteiger partial charge in [0.25, 0.3) is 0 Å². The van der Waals surface area contributed by atoms with Crippen LogP contribution in [0.25, 0.3) is 0 Å². The van der Waals surface area contributed by atoms with Crippen LogP contribution in [0.4, 0.5) is 5.69 Å². The molecule has 0 aliphatic carbocycles. The summed E-state index contributed by atoms with van der Waals surface area (Å²) in [5, 5.41) is 0. The molecule has 3 nitrogen and oxygen atoms in total. The molecule has 1 aliphatic rings. The van der Waals surface area contributed by atoms with E-state index in [1.807, 2.05) is 12.1 Å². The van der Waals surface area contributed by atoms with E-state index < -0.39 is 5.78 Å². The second kappa shape index (κ2) is 4.92. The molecule has 0 atom stereocenters. The van der Waals surface area contributed by atoms with E-state index in [-0.39, 0.29) is 0 Å². The van der Waals surface area contributed by atoms with E-state index in [9.17, 15) is 9.59 Å². The Labute approximate surface area is 95.1 Å². The van der Waals surface area contributed by atoms with Gasteiger partial charge in [0.2, 0.25) is 5.78 Å². The fraction of sp³-hybridized carbons (Fsp3) is 0.385. The van der Waals surface area contributed by atoms with Crippen LogP contribution in [-0.2, 0) is 4.79 Å². The van der Waals surface area contributed by atoms with Crippen molar-refractivity contribution >= 4 is 17.8 Å². The summed E-state index contributed by atoms with van der Waals surface area (Å²) in [7, 11) is 0. The third-order valence-electron chi connectivity index (χ3n) is 2.98. The lowest BCUT2D eigenvalue weighted by Gasteiger charge is -2.28. The zero-order chi connectivity index (χ0) is 11.4. The van der Waals surface area contributed by atoms with Crippen LogP contribution in [0, 0.1) is 0 Å². The number of benzene rings is 1. The number of hydrogen-bond acceptors (Lipinski definition) is 3. The van der Waals surface area contributed by atoms with Crippen molar-refractivity contribution in [1.29, 1.82) is 0 Å². The number of rotatable bonds is 3. The summed E-state index contributed by atoms with van der Waals surface area (Å²) < 4.78 is 0. The minimum absolute atomic E-state index is 0.357. The van der Waals surface area contributed by atoms with Crippen molar-refractivity contribution in [2.45, 2.75) is 19.3 Å². The van der Waals surface area contributed by atoms with Crippen molar-refractivity contribution in [2.75, 3.05) is 18.0 Å². The van der Waals surface area contributed by atoms with Gasteiger partial charge in [-0.15, -0.1) is 0 Å². The molecule has 84 valence electrons. The van der Waals surface area contributed by atoms with E-state index in [1.54, 1.807) is 12.1 Å². The Hall–Kier alpha value is -1.64. The first-order chi connectivity index (χ1) is 7.81. The molecule has 1 aromatic carbocycles. The summed E-state index contributed by atoms with van der Waals surface area (Å²) in [6.45, 7) is 2.17. The lowest BCUT2D eigenvalue weighted by Crippen LogP contribution is -2.29. The lowest BCUT2D eigenvalue weighted by molar-refractivity contribution is -0.104. The quantitative estimate of drug-likeness (QED) is 0.442. The normalized spacial score (nSPS) is 15.9. The van der Waals surface area contributed by atoms with Crippen molar-refractivity contribution in [2.24, 2.45) is 0 Å². The Balaban J connectivity index is 2.11. The van der Waals surface area contributed by atoms with Gasteiger partial charge >= 0.3 is 0 Å². The number of anilines is 1. The average Bonchev–Trinajstić information content (AvgIpc) is 2.39. The van der Waals surface area contributed by atoms with Gasteiger partial charge in [0, 0.05) is 24.3 Å². The zero-order valence-corrected chi connectivity index (χ0v) is 9.19. The van der Waals surface area contributed by atoms with Crippen LogP contribution in [-0.4, -0.2) is 25.2 Å². The van der Waals surface area contributed by atoms with Crippen molar-refractivity contribution in [3.63, 3.8) is 0 Å². The van der Waals surface area contributed by atoms with Crippen molar-refractivity contribution in [3.05, 3.63) is 29.8 Å². The highest BCUT2D eigenvalue weighted by Crippen LogP contribution is 2.20. The predicted molar refractivity (Wildman–Crippen MR) is 62.9 cm³/mol. The van der Waals surface area contributed by atoms with Crippen LogP contribution in [0.15, 0.2) is 24.3 Å². The predicted octanol–water partition coefficient (Wildman–Crippen LogP) is 2.06. The Bertz CT molecular complexity index is 377. The fourth-order valence-corrected chi connectivity index (χ4v) is 2.06. The maximum absolute atomic E-state index is 11.1. The highest BCUT2D eigenvalue weighted by Gasteiger charge is 2.11. The van der Waals surface area contributed by atoms with Gasteiger partial charge in [0.1, 0.15) is 0 Å². The SMILES string of the molecule is O=CC(=O)c1ccc(N2CCCCC2)cc1. The molecular formula is C13H15NO2. The molecule has 0 N–H and O–H groups in total. The molecule has 0 radical (unpaired) electrons. The number of hydrogen-bond donors (Lipinski definition) is 0. The third kappa shape index (κ3) is 2.30. The maximum atomic E-state index is 11.1. The topological polar surface area (TPSA) is 37.4 Å². The molecule has 2 rings (SSSR count). The first kappa shape index (κ1) is 10.9. The summed E-state index contributed by atoms with van der Waals surface area (Å²) in [6.07, 6.45) is 4.12. The summed E-state index contributed by atoms with van der Waals surface area (Å²) in [5.74, 6) is -0.454. The highest BCUT2D eigenvalue weighted by atomic mass is 16.2. The molecular weight excluding hydrogens is 202 g/mol. The average molecular weight is 217 g/mol. The molecule has 0 bridgehead atoms. The van der Waals surface area contributed by atoms with Crippen LogP contribution in [0.5, 0.6) is 0 Å². The molecule has 0 aromatic heterocycles. The van der Waals surface area contributed by atoms with E-state index in [1.165, 1.54) is 19.3 Å². The van der Waals surface area contributed by atoms with Crippen LogP contribution >= 0.6 is 0 Å². The highest BCUT2D eigenvalue weighted by molar-refractivity contribution is 6.33. The van der Waals surface area contributed by atoms with Crippen LogP contribution in [0.2, 0.25) is 0 Å². The molecule has 1 aliphatic heterocycles. The van der Waals surface area contributed by atoms with Gasteiger partial charge in [0.05, 0.1) is 0 Å². The zero-order valence-electron chi connectivity index (χ0n) is 9.19. The third-order valence-corrected chi connectivity index (χ3v) is 2.98. The van der Waals surface area contributed by atoms with E-state index in [4.69, 9.17) is 0 Å². The summed E-state index contributed by atoms with van der Waals surface area (Å²) in [6, 6.07) is 7.28. The molecule has 1 fully saturated rings. The monoisotopic (exact) mass is 217 g/mol. The van der Waals surface area contributed by atoms with Gasteiger partial charge in [-0.1, -0.05) is 0 Å². The smallest absolute Gasteiger partial charge is 0.225 e. The summed E-state index contributed by atoms with van der Waals surface area (Å²) >= 11 is 0. The van der Waals surface area contributed by atoms with Gasteiger partial charge in [-0.2, -0.15) is 0 Å². The Morgan fingerprint density at radius 1 is 1.06 bits per heavy atom. The standard InChI is InChI=1S/C13H15NO2/c15-10-13(16)11-4-6-12(7-5-11)14-8-2-1-3-9-14/h4-7,10H,1-3,8-9H2. The van der Waals surface area contributed by atoms with E-state index in [0.29, 0.717) is 11.8 Å². The van der Waals surface area contributed by atoms with Gasteiger partial charge in [-0.25, -0.2) is 0 Å². The number of aldehydes is 1. The molecule has 0 amide bonds. The van der Waals surface area contributed by atoms with Crippen molar-refractivity contribution in [1.82, 2.24) is 0 Å².